The summed E-state index contributed by atoms with van der Waals surface area (Å²) in [5, 5.41) is 3.13. The van der Waals surface area contributed by atoms with E-state index < -0.39 is 15.8 Å². The van der Waals surface area contributed by atoms with Gasteiger partial charge in [-0.2, -0.15) is 8.42 Å². The molecule has 6 heteroatoms. The highest BCUT2D eigenvalue weighted by atomic mass is 32.2. The van der Waals surface area contributed by atoms with E-state index >= 15 is 0 Å². The van der Waals surface area contributed by atoms with E-state index in [-0.39, 0.29) is 4.91 Å². The Morgan fingerprint density at radius 2 is 1.54 bits per heavy atom. The molecule has 0 aliphatic carbocycles. The third kappa shape index (κ3) is 2.85. The summed E-state index contributed by atoms with van der Waals surface area (Å²) >= 11 is 0. The van der Waals surface area contributed by atoms with Gasteiger partial charge in [0.05, 0.1) is 0 Å². The van der Waals surface area contributed by atoms with Gasteiger partial charge in [0.1, 0.15) is 16.6 Å². The molecular weight excluding hydrogens is 327 g/mol. The molecule has 1 heterocycles. The van der Waals surface area contributed by atoms with Crippen LogP contribution in [0.3, 0.4) is 0 Å². The lowest BCUT2D eigenvalue weighted by molar-refractivity contribution is 0.608. The lowest BCUT2D eigenvalue weighted by atomic mass is 10.1. The summed E-state index contributed by atoms with van der Waals surface area (Å²) in [5.74, 6) is -0.117. The first-order chi connectivity index (χ1) is 11.3. The van der Waals surface area contributed by atoms with Gasteiger partial charge in [-0.1, -0.05) is 30.3 Å². The minimum Gasteiger partial charge on any atom is -0.339 e. The number of nitrogens with one attached hydrogen (secondary N) is 1. The maximum Gasteiger partial charge on any atom is 0.285 e. The van der Waals surface area contributed by atoms with Crippen LogP contribution in [0.4, 0.5) is 10.1 Å². The Morgan fingerprint density at radius 3 is 2.12 bits per heavy atom. The molecule has 1 N–H and O–H groups in total. The van der Waals surface area contributed by atoms with E-state index in [9.17, 15) is 12.8 Å². The van der Waals surface area contributed by atoms with Gasteiger partial charge in [-0.3, -0.25) is 0 Å². The van der Waals surface area contributed by atoms with Crippen molar-refractivity contribution in [1.82, 2.24) is 0 Å². The van der Waals surface area contributed by atoms with Crippen molar-refractivity contribution in [3.63, 3.8) is 0 Å². The molecule has 0 saturated heterocycles. The van der Waals surface area contributed by atoms with Crippen molar-refractivity contribution in [2.24, 2.45) is 4.40 Å². The summed E-state index contributed by atoms with van der Waals surface area (Å²) in [7, 11) is -3.81. The van der Waals surface area contributed by atoms with E-state index in [0.29, 0.717) is 17.0 Å². The fourth-order valence-electron chi connectivity index (χ4n) is 2.75. The van der Waals surface area contributed by atoms with Crippen LogP contribution in [-0.4, -0.2) is 14.3 Å². The van der Waals surface area contributed by atoms with E-state index in [1.54, 1.807) is 6.92 Å². The number of nitrogens with zero attached hydrogens (tertiary/aromatic N) is 1. The van der Waals surface area contributed by atoms with E-state index in [1.807, 2.05) is 32.0 Å². The number of amidine groups is 1. The first kappa shape index (κ1) is 16.4. The Balaban J connectivity index is 2.06. The molecule has 0 aromatic heterocycles. The molecule has 2 aromatic rings. The number of sulfonamides is 1. The average Bonchev–Trinajstić information content (AvgIpc) is 2.74. The molecule has 124 valence electrons. The van der Waals surface area contributed by atoms with Gasteiger partial charge in [-0.25, -0.2) is 4.39 Å². The molecule has 1 aliphatic heterocycles. The number of anilines is 1. The van der Waals surface area contributed by atoms with Crippen molar-refractivity contribution in [2.75, 3.05) is 5.32 Å². The molecule has 0 saturated carbocycles. The lowest BCUT2D eigenvalue weighted by Gasteiger charge is -2.12. The van der Waals surface area contributed by atoms with Crippen LogP contribution < -0.4 is 5.32 Å². The van der Waals surface area contributed by atoms with Crippen molar-refractivity contribution < 1.29 is 12.8 Å². The molecule has 0 fully saturated rings. The van der Waals surface area contributed by atoms with Gasteiger partial charge in [0.25, 0.3) is 10.0 Å². The fourth-order valence-corrected chi connectivity index (χ4v) is 4.18. The highest BCUT2D eigenvalue weighted by Crippen LogP contribution is 2.33. The Hall–Kier alpha value is -2.47. The zero-order valence-electron chi connectivity index (χ0n) is 13.6. The Kier molecular flexibility index (Phi) is 4.01. The summed E-state index contributed by atoms with van der Waals surface area (Å²) in [5.41, 5.74) is 3.78. The van der Waals surface area contributed by atoms with Crippen molar-refractivity contribution >= 4 is 26.5 Å². The van der Waals surface area contributed by atoms with Crippen LogP contribution in [-0.2, 0) is 10.0 Å². The van der Waals surface area contributed by atoms with Crippen molar-refractivity contribution in [1.29, 1.82) is 0 Å². The zero-order valence-corrected chi connectivity index (χ0v) is 14.4. The summed E-state index contributed by atoms with van der Waals surface area (Å²) < 4.78 is 41.9. The van der Waals surface area contributed by atoms with Crippen LogP contribution in [0.1, 0.15) is 23.6 Å². The smallest absolute Gasteiger partial charge is 0.285 e. The minimum absolute atomic E-state index is 0.108. The van der Waals surface area contributed by atoms with Crippen LogP contribution in [0.2, 0.25) is 0 Å². The number of aryl methyl sites for hydroxylation is 2. The minimum atomic E-state index is -3.81. The molecule has 2 aromatic carbocycles. The Labute approximate surface area is 140 Å². The van der Waals surface area contributed by atoms with Crippen LogP contribution in [0.5, 0.6) is 0 Å². The number of halogens is 1. The molecule has 0 amide bonds. The zero-order chi connectivity index (χ0) is 17.5. The summed E-state index contributed by atoms with van der Waals surface area (Å²) in [6, 6.07) is 11.2. The van der Waals surface area contributed by atoms with E-state index in [1.165, 1.54) is 24.3 Å². The number of rotatable bonds is 2. The third-order valence-electron chi connectivity index (χ3n) is 4.00. The maximum absolute atomic E-state index is 13.1. The second-order valence-corrected chi connectivity index (χ2v) is 7.31. The third-order valence-corrected chi connectivity index (χ3v) is 5.48. The molecule has 4 nitrogen and oxygen atoms in total. The molecule has 1 aliphatic rings. The monoisotopic (exact) mass is 344 g/mol. The summed E-state index contributed by atoms with van der Waals surface area (Å²) in [6.07, 6.45) is 0. The number of hydrogen-bond acceptors (Lipinski definition) is 3. The molecule has 0 radical (unpaired) electrons. The fraction of sp³-hybridized carbons (Fsp3) is 0.167. The quantitative estimate of drug-likeness (QED) is 0.895. The largest absolute Gasteiger partial charge is 0.339 e. The normalized spacial score (nSPS) is 16.2. The highest BCUT2D eigenvalue weighted by molar-refractivity contribution is 8.00. The SMILES string of the molecule is CC1=C(c2ccc(F)cc2)S(=O)(=O)N=C1Nc1c(C)cccc1C. The molecule has 24 heavy (non-hydrogen) atoms. The average molecular weight is 344 g/mol. The molecular formula is C18H17FN2O2S. The lowest BCUT2D eigenvalue weighted by Crippen LogP contribution is -2.13. The van der Waals surface area contributed by atoms with E-state index in [0.717, 1.165) is 16.8 Å². The first-order valence-corrected chi connectivity index (χ1v) is 8.89. The van der Waals surface area contributed by atoms with E-state index in [4.69, 9.17) is 0 Å². The van der Waals surface area contributed by atoms with Gasteiger partial charge >= 0.3 is 0 Å². The van der Waals surface area contributed by atoms with Crippen molar-refractivity contribution in [2.45, 2.75) is 20.8 Å². The van der Waals surface area contributed by atoms with Crippen LogP contribution >= 0.6 is 0 Å². The van der Waals surface area contributed by atoms with Crippen LogP contribution in [0.15, 0.2) is 52.4 Å². The van der Waals surface area contributed by atoms with Gasteiger partial charge < -0.3 is 5.32 Å². The highest BCUT2D eigenvalue weighted by Gasteiger charge is 2.31. The number of para-hydroxylation sites is 1. The topological polar surface area (TPSA) is 58.5 Å². The van der Waals surface area contributed by atoms with Gasteiger partial charge in [-0.15, -0.1) is 4.40 Å². The van der Waals surface area contributed by atoms with E-state index in [2.05, 4.69) is 9.71 Å². The molecule has 0 spiro atoms. The number of hydrogen-bond donors (Lipinski definition) is 1. The van der Waals surface area contributed by atoms with Crippen molar-refractivity contribution in [3.05, 3.63) is 70.5 Å². The standard InChI is InChI=1S/C18H17FN2O2S/c1-11-5-4-6-12(2)16(11)20-18-13(3)17(24(22,23)21-18)14-7-9-15(19)10-8-14/h4-10H,1-3H3,(H,20,21). The van der Waals surface area contributed by atoms with Gasteiger partial charge in [0, 0.05) is 11.3 Å². The summed E-state index contributed by atoms with van der Waals surface area (Å²) in [6.45, 7) is 5.58. The Morgan fingerprint density at radius 1 is 0.958 bits per heavy atom. The molecule has 0 bridgehead atoms. The van der Waals surface area contributed by atoms with Gasteiger partial charge in [0.15, 0.2) is 0 Å². The summed E-state index contributed by atoms with van der Waals surface area (Å²) in [4.78, 5) is 0.108. The number of benzene rings is 2. The second-order valence-electron chi connectivity index (χ2n) is 5.77. The van der Waals surface area contributed by atoms with Crippen LogP contribution in [0, 0.1) is 19.7 Å². The van der Waals surface area contributed by atoms with Crippen molar-refractivity contribution in [3.8, 4) is 0 Å². The second kappa shape index (κ2) is 5.87. The van der Waals surface area contributed by atoms with Gasteiger partial charge in [0.2, 0.25) is 0 Å². The molecule has 0 atom stereocenters. The molecule has 3 rings (SSSR count). The maximum atomic E-state index is 13.1. The predicted molar refractivity (Wildman–Crippen MR) is 94.9 cm³/mol. The first-order valence-electron chi connectivity index (χ1n) is 7.45. The predicted octanol–water partition coefficient (Wildman–Crippen LogP) is 4.03. The van der Waals surface area contributed by atoms with Gasteiger partial charge in [-0.05, 0) is 49.6 Å². The molecule has 0 unspecified atom stereocenters. The van der Waals surface area contributed by atoms with Crippen LogP contribution in [0.25, 0.3) is 4.91 Å². The Bertz CT molecular complexity index is 954.